The fourth-order valence-electron chi connectivity index (χ4n) is 4.05. The van der Waals surface area contributed by atoms with Gasteiger partial charge in [0.15, 0.2) is 0 Å². The smallest absolute Gasteiger partial charge is 0.295 e. The van der Waals surface area contributed by atoms with Gasteiger partial charge in [-0.15, -0.1) is 0 Å². The summed E-state index contributed by atoms with van der Waals surface area (Å²) in [6, 6.07) is 12.0. The van der Waals surface area contributed by atoms with Crippen LogP contribution in [-0.2, 0) is 14.3 Å². The first-order chi connectivity index (χ1) is 14.7. The van der Waals surface area contributed by atoms with Gasteiger partial charge in [0.1, 0.15) is 5.76 Å². The van der Waals surface area contributed by atoms with Crippen molar-refractivity contribution in [3.05, 3.63) is 71.6 Å². The molecular weight excluding hydrogens is 382 g/mol. The fraction of sp³-hybridized carbons (Fsp3) is 0.348. The van der Waals surface area contributed by atoms with Gasteiger partial charge in [0, 0.05) is 44.1 Å². The van der Waals surface area contributed by atoms with Gasteiger partial charge in [0.05, 0.1) is 24.8 Å². The summed E-state index contributed by atoms with van der Waals surface area (Å²) in [5, 5.41) is 10.9. The van der Waals surface area contributed by atoms with Gasteiger partial charge in [0.2, 0.25) is 0 Å². The van der Waals surface area contributed by atoms with E-state index in [1.807, 2.05) is 30.3 Å². The summed E-state index contributed by atoms with van der Waals surface area (Å²) in [7, 11) is 0. The summed E-state index contributed by atoms with van der Waals surface area (Å²) in [5.41, 5.74) is 1.40. The van der Waals surface area contributed by atoms with Gasteiger partial charge in [-0.1, -0.05) is 30.3 Å². The predicted octanol–water partition coefficient (Wildman–Crippen LogP) is 2.23. The molecule has 2 fully saturated rings. The number of pyridine rings is 1. The van der Waals surface area contributed by atoms with Crippen molar-refractivity contribution in [3.8, 4) is 0 Å². The highest BCUT2D eigenvalue weighted by Crippen LogP contribution is 2.39. The van der Waals surface area contributed by atoms with Crippen LogP contribution in [0.3, 0.4) is 0 Å². The van der Waals surface area contributed by atoms with E-state index in [1.54, 1.807) is 29.4 Å². The number of aromatic nitrogens is 1. The molecule has 1 N–H and O–H groups in total. The Morgan fingerprint density at radius 1 is 1.03 bits per heavy atom. The van der Waals surface area contributed by atoms with Crippen molar-refractivity contribution in [3.63, 3.8) is 0 Å². The molecule has 1 atom stereocenters. The molecule has 0 radical (unpaired) electrons. The summed E-state index contributed by atoms with van der Waals surface area (Å²) in [6.07, 6.45) is 3.83. The number of ether oxygens (including phenoxy) is 1. The van der Waals surface area contributed by atoms with E-state index in [2.05, 4.69) is 9.88 Å². The van der Waals surface area contributed by atoms with Crippen molar-refractivity contribution in [1.82, 2.24) is 14.8 Å². The van der Waals surface area contributed by atoms with E-state index in [0.717, 1.165) is 44.8 Å². The Hall–Kier alpha value is -3.03. The molecule has 3 heterocycles. The normalized spacial score (nSPS) is 21.9. The highest BCUT2D eigenvalue weighted by molar-refractivity contribution is 6.46. The number of nitrogens with zero attached hydrogens (tertiary/aromatic N) is 3. The zero-order chi connectivity index (χ0) is 20.9. The van der Waals surface area contributed by atoms with Gasteiger partial charge in [-0.2, -0.15) is 0 Å². The third-order valence-corrected chi connectivity index (χ3v) is 5.59. The maximum Gasteiger partial charge on any atom is 0.295 e. The van der Waals surface area contributed by atoms with Gasteiger partial charge in [-0.3, -0.25) is 19.5 Å². The summed E-state index contributed by atoms with van der Waals surface area (Å²) >= 11 is 0. The highest BCUT2D eigenvalue weighted by Gasteiger charge is 2.45. The molecule has 1 amide bonds. The van der Waals surface area contributed by atoms with Crippen LogP contribution in [0.15, 0.2) is 60.4 Å². The molecule has 0 bridgehead atoms. The second-order valence-corrected chi connectivity index (χ2v) is 7.45. The van der Waals surface area contributed by atoms with E-state index in [9.17, 15) is 14.7 Å². The molecule has 156 valence electrons. The predicted molar refractivity (Wildman–Crippen MR) is 112 cm³/mol. The maximum absolute atomic E-state index is 12.9. The average Bonchev–Trinajstić information content (AvgIpc) is 3.05. The highest BCUT2D eigenvalue weighted by atomic mass is 16.5. The largest absolute Gasteiger partial charge is 0.507 e. The first-order valence-electron chi connectivity index (χ1n) is 10.2. The quantitative estimate of drug-likeness (QED) is 0.449. The van der Waals surface area contributed by atoms with E-state index < -0.39 is 17.7 Å². The molecule has 0 spiro atoms. The zero-order valence-corrected chi connectivity index (χ0v) is 16.7. The number of aliphatic hydroxyl groups excluding tert-OH is 1. The summed E-state index contributed by atoms with van der Waals surface area (Å²) in [6.45, 7) is 4.47. The lowest BCUT2D eigenvalue weighted by atomic mass is 9.95. The lowest BCUT2D eigenvalue weighted by molar-refractivity contribution is -0.140. The van der Waals surface area contributed by atoms with Gasteiger partial charge in [0.25, 0.3) is 11.7 Å². The molecular formula is C23H25N3O4. The number of amides is 1. The second kappa shape index (κ2) is 9.19. The fourth-order valence-corrected chi connectivity index (χ4v) is 4.05. The topological polar surface area (TPSA) is 83.0 Å². The number of rotatable bonds is 6. The molecule has 0 saturated carbocycles. The van der Waals surface area contributed by atoms with Crippen molar-refractivity contribution in [2.45, 2.75) is 12.5 Å². The molecule has 2 aromatic rings. The molecule has 1 aromatic carbocycles. The summed E-state index contributed by atoms with van der Waals surface area (Å²) in [5.74, 6) is -1.38. The van der Waals surface area contributed by atoms with Crippen molar-refractivity contribution in [2.24, 2.45) is 0 Å². The van der Waals surface area contributed by atoms with Crippen LogP contribution in [0.2, 0.25) is 0 Å². The number of ketones is 1. The molecule has 2 saturated heterocycles. The van der Waals surface area contributed by atoms with Crippen LogP contribution < -0.4 is 0 Å². The Morgan fingerprint density at radius 3 is 2.43 bits per heavy atom. The monoisotopic (exact) mass is 407 g/mol. The molecule has 4 rings (SSSR count). The van der Waals surface area contributed by atoms with Crippen LogP contribution in [0.1, 0.15) is 23.6 Å². The number of hydrogen-bond donors (Lipinski definition) is 1. The SMILES string of the molecule is O=C1C(=O)N(CCCN2CCOCC2)[C@H](c2ccccc2)C1=C(O)c1ccncc1. The van der Waals surface area contributed by atoms with Gasteiger partial charge in [-0.25, -0.2) is 0 Å². The Bertz CT molecular complexity index is 924. The third kappa shape index (κ3) is 4.13. The van der Waals surface area contributed by atoms with Crippen molar-refractivity contribution in [2.75, 3.05) is 39.4 Å². The first-order valence-corrected chi connectivity index (χ1v) is 10.2. The third-order valence-electron chi connectivity index (χ3n) is 5.59. The molecule has 1 aromatic heterocycles. The second-order valence-electron chi connectivity index (χ2n) is 7.45. The standard InChI is InChI=1S/C23H25N3O4/c27-21(18-7-9-24-10-8-18)19-20(17-5-2-1-3-6-17)26(23(29)22(19)28)12-4-11-25-13-15-30-16-14-25/h1-3,5-10,20,27H,4,11-16H2/t20-/m1/s1. The number of likely N-dealkylation sites (tertiary alicyclic amines) is 1. The van der Waals surface area contributed by atoms with Crippen LogP contribution >= 0.6 is 0 Å². The number of hydrogen-bond acceptors (Lipinski definition) is 6. The number of Topliss-reactive ketones (excluding diaryl/α,β-unsaturated/α-hetero) is 1. The van der Waals surface area contributed by atoms with E-state index in [4.69, 9.17) is 4.74 Å². The maximum atomic E-state index is 12.9. The number of carbonyl (C=O) groups is 2. The molecule has 0 aliphatic carbocycles. The van der Waals surface area contributed by atoms with Crippen LogP contribution in [-0.4, -0.2) is 71.0 Å². The summed E-state index contributed by atoms with van der Waals surface area (Å²) < 4.78 is 5.38. The van der Waals surface area contributed by atoms with Crippen LogP contribution in [0.25, 0.3) is 5.76 Å². The lowest BCUT2D eigenvalue weighted by Gasteiger charge is -2.29. The number of benzene rings is 1. The molecule has 0 unspecified atom stereocenters. The van der Waals surface area contributed by atoms with Crippen LogP contribution in [0, 0.1) is 0 Å². The zero-order valence-electron chi connectivity index (χ0n) is 16.7. The molecule has 2 aliphatic heterocycles. The van der Waals surface area contributed by atoms with Gasteiger partial charge >= 0.3 is 0 Å². The number of aliphatic hydroxyl groups is 1. The number of morpholine rings is 1. The van der Waals surface area contributed by atoms with E-state index in [1.165, 1.54) is 0 Å². The van der Waals surface area contributed by atoms with E-state index in [0.29, 0.717) is 12.1 Å². The van der Waals surface area contributed by atoms with Crippen LogP contribution in [0.4, 0.5) is 0 Å². The van der Waals surface area contributed by atoms with Crippen molar-refractivity contribution >= 4 is 17.4 Å². The average molecular weight is 407 g/mol. The van der Waals surface area contributed by atoms with Gasteiger partial charge in [-0.05, 0) is 24.1 Å². The Balaban J connectivity index is 1.63. The lowest BCUT2D eigenvalue weighted by Crippen LogP contribution is -2.38. The molecule has 7 heteroatoms. The minimum absolute atomic E-state index is 0.128. The van der Waals surface area contributed by atoms with E-state index in [-0.39, 0.29) is 11.3 Å². The Kier molecular flexibility index (Phi) is 6.21. The Labute approximate surface area is 175 Å². The molecule has 2 aliphatic rings. The summed E-state index contributed by atoms with van der Waals surface area (Å²) in [4.78, 5) is 33.7. The first kappa shape index (κ1) is 20.3. The number of carbonyl (C=O) groups excluding carboxylic acids is 2. The van der Waals surface area contributed by atoms with Gasteiger partial charge < -0.3 is 14.7 Å². The van der Waals surface area contributed by atoms with Crippen molar-refractivity contribution < 1.29 is 19.4 Å². The van der Waals surface area contributed by atoms with E-state index >= 15 is 0 Å². The molecule has 7 nitrogen and oxygen atoms in total. The van der Waals surface area contributed by atoms with Crippen LogP contribution in [0.5, 0.6) is 0 Å². The minimum atomic E-state index is -0.649. The molecule has 30 heavy (non-hydrogen) atoms. The Morgan fingerprint density at radius 2 is 1.73 bits per heavy atom. The minimum Gasteiger partial charge on any atom is -0.507 e. The van der Waals surface area contributed by atoms with Crippen molar-refractivity contribution in [1.29, 1.82) is 0 Å².